The van der Waals surface area contributed by atoms with Crippen molar-refractivity contribution in [2.45, 2.75) is 0 Å². The minimum atomic E-state index is -1.83. The van der Waals surface area contributed by atoms with E-state index in [1.807, 2.05) is 0 Å². The molecular weight excluding hydrogens is 126 g/mol. The molecule has 0 saturated carbocycles. The van der Waals surface area contributed by atoms with E-state index in [0.717, 1.165) is 0 Å². The largest absolute Gasteiger partial charge is 1.00 e. The fourth-order valence-corrected chi connectivity index (χ4v) is 0. The summed E-state index contributed by atoms with van der Waals surface area (Å²) in [7, 11) is 0. The van der Waals surface area contributed by atoms with Crippen molar-refractivity contribution in [2.24, 2.45) is 0 Å². The molecule has 39 valence electrons. The van der Waals surface area contributed by atoms with E-state index >= 15 is 0 Å². The molecule has 6 heteroatoms. The predicted octanol–water partition coefficient (Wildman–Crippen LogP) is -4.40. The van der Waals surface area contributed by atoms with Crippen LogP contribution in [0.15, 0.2) is 0 Å². The van der Waals surface area contributed by atoms with Crippen LogP contribution in [-0.2, 0) is 0 Å². The van der Waals surface area contributed by atoms with Crippen molar-refractivity contribution in [2.75, 3.05) is 0 Å². The Labute approximate surface area is 74.7 Å². The monoisotopic (exact) mass is 133 g/mol. The minimum Gasteiger partial charge on any atom is -1.00 e. The number of hydrogen-bond acceptors (Lipinski definition) is 1. The summed E-state index contributed by atoms with van der Waals surface area (Å²) in [5, 5.41) is 13.9. The molecule has 4 nitrogen and oxygen atoms in total. The molecule has 0 aromatic rings. The quantitative estimate of drug-likeness (QED) is 0.327. The Balaban J connectivity index is -0.00000000750. The minimum absolute atomic E-state index is 0. The van der Waals surface area contributed by atoms with Crippen molar-refractivity contribution in [3.63, 3.8) is 0 Å². The molecule has 0 rings (SSSR count). The van der Waals surface area contributed by atoms with Crippen molar-refractivity contribution in [1.82, 2.24) is 0 Å². The van der Waals surface area contributed by atoms with E-state index in [1.165, 1.54) is 0 Å². The zero-order chi connectivity index (χ0) is 3.58. The maximum absolute atomic E-state index is 8.56. The first-order valence-electron chi connectivity index (χ1n) is 0.651. The SMILES string of the molecule is O.O=C(O)O.[AlH2].[H-].[Na+]. The molecule has 0 saturated heterocycles. The van der Waals surface area contributed by atoms with Gasteiger partial charge in [0.15, 0.2) is 0 Å². The van der Waals surface area contributed by atoms with Gasteiger partial charge in [0.1, 0.15) is 17.4 Å². The Hall–Kier alpha value is 0.762. The smallest absolute Gasteiger partial charge is 1.00 e. The van der Waals surface area contributed by atoms with Crippen molar-refractivity contribution in [3.05, 3.63) is 0 Å². The van der Waals surface area contributed by atoms with Crippen molar-refractivity contribution < 1.29 is 51.5 Å². The third-order valence-electron chi connectivity index (χ3n) is 0. The molecule has 0 amide bonds. The van der Waals surface area contributed by atoms with Gasteiger partial charge in [0.2, 0.25) is 0 Å². The summed E-state index contributed by atoms with van der Waals surface area (Å²) in [5.41, 5.74) is 0. The second kappa shape index (κ2) is 15.9. The fourth-order valence-electron chi connectivity index (χ4n) is 0. The topological polar surface area (TPSA) is 89.0 Å². The zero-order valence-corrected chi connectivity index (χ0v) is 8.30. The predicted molar refractivity (Wildman–Crippen MR) is 23.9 cm³/mol. The summed E-state index contributed by atoms with van der Waals surface area (Å²) in [6, 6.07) is 0. The van der Waals surface area contributed by atoms with Crippen LogP contribution in [0.2, 0.25) is 0 Å². The van der Waals surface area contributed by atoms with Gasteiger partial charge in [-0.25, -0.2) is 4.79 Å². The van der Waals surface area contributed by atoms with E-state index in [1.54, 1.807) is 0 Å². The number of carbonyl (C=O) groups is 1. The van der Waals surface area contributed by atoms with Gasteiger partial charge in [-0.3, -0.25) is 0 Å². The Morgan fingerprint density at radius 2 is 1.43 bits per heavy atom. The normalized spacial score (nSPS) is 3.43. The molecule has 7 heavy (non-hydrogen) atoms. The molecule has 0 aliphatic heterocycles. The Bertz CT molecular complexity index is 39.0. The molecule has 0 atom stereocenters. The zero-order valence-electron chi connectivity index (χ0n) is 5.30. The maximum atomic E-state index is 8.56. The summed E-state index contributed by atoms with van der Waals surface area (Å²) in [6.45, 7) is 0. The van der Waals surface area contributed by atoms with Crippen molar-refractivity contribution >= 4 is 23.5 Å². The van der Waals surface area contributed by atoms with Gasteiger partial charge in [0.05, 0.1) is 0 Å². The summed E-state index contributed by atoms with van der Waals surface area (Å²) < 4.78 is 0. The van der Waals surface area contributed by atoms with Crippen molar-refractivity contribution in [3.8, 4) is 0 Å². The van der Waals surface area contributed by atoms with Gasteiger partial charge >= 0.3 is 35.7 Å². The molecule has 0 bridgehead atoms. The standard InChI is InChI=1S/CH2O3.Al.Na.H2O.3H/c2-1(3)4;;;;;;/h(H2,2,3,4);;;1H2;;;/q;;+1;;;;-1. The van der Waals surface area contributed by atoms with Gasteiger partial charge < -0.3 is 17.1 Å². The molecule has 0 aliphatic carbocycles. The van der Waals surface area contributed by atoms with E-state index in [9.17, 15) is 0 Å². The van der Waals surface area contributed by atoms with E-state index in [0.29, 0.717) is 0 Å². The van der Waals surface area contributed by atoms with Gasteiger partial charge in [-0.2, -0.15) is 0 Å². The second-order valence-electron chi connectivity index (χ2n) is 0.283. The van der Waals surface area contributed by atoms with Crippen LogP contribution in [0, 0.1) is 0 Å². The molecule has 0 heterocycles. The van der Waals surface area contributed by atoms with Crippen LogP contribution in [0.25, 0.3) is 0 Å². The van der Waals surface area contributed by atoms with E-state index < -0.39 is 6.16 Å². The molecule has 0 aromatic carbocycles. The Kier molecular flexibility index (Phi) is 56.8. The molecular formula is CH7AlNaO4. The van der Waals surface area contributed by atoms with Gasteiger partial charge in [0.25, 0.3) is 0 Å². The van der Waals surface area contributed by atoms with Crippen molar-refractivity contribution in [1.29, 1.82) is 0 Å². The molecule has 0 fully saturated rings. The Morgan fingerprint density at radius 3 is 1.43 bits per heavy atom. The van der Waals surface area contributed by atoms with Crippen LogP contribution in [-0.4, -0.2) is 39.2 Å². The van der Waals surface area contributed by atoms with Crippen LogP contribution >= 0.6 is 0 Å². The number of carboxylic acid groups (broad SMARTS) is 2. The summed E-state index contributed by atoms with van der Waals surface area (Å²) >= 11 is 0. The van der Waals surface area contributed by atoms with Gasteiger partial charge in [-0.05, 0) is 0 Å². The molecule has 1 radical (unpaired) electrons. The van der Waals surface area contributed by atoms with Gasteiger partial charge in [-0.1, -0.05) is 0 Å². The van der Waals surface area contributed by atoms with E-state index in [2.05, 4.69) is 0 Å². The average Bonchev–Trinajstić information content (AvgIpc) is 0.811. The molecule has 4 N–H and O–H groups in total. The first-order chi connectivity index (χ1) is 1.73. The first kappa shape index (κ1) is 25.1. The van der Waals surface area contributed by atoms with Crippen LogP contribution in [0.3, 0.4) is 0 Å². The molecule has 0 aliphatic rings. The molecule has 0 unspecified atom stereocenters. The van der Waals surface area contributed by atoms with Crippen LogP contribution < -0.4 is 29.6 Å². The summed E-state index contributed by atoms with van der Waals surface area (Å²) in [4.78, 5) is 8.56. The average molecular weight is 133 g/mol. The molecule has 0 spiro atoms. The first-order valence-corrected chi connectivity index (χ1v) is 0.651. The van der Waals surface area contributed by atoms with Gasteiger partial charge in [-0.15, -0.1) is 0 Å². The third kappa shape index (κ3) is 264. The Morgan fingerprint density at radius 1 is 1.43 bits per heavy atom. The van der Waals surface area contributed by atoms with Crippen LogP contribution in [0.1, 0.15) is 1.43 Å². The van der Waals surface area contributed by atoms with Gasteiger partial charge in [0, 0.05) is 0 Å². The second-order valence-corrected chi connectivity index (χ2v) is 0.283. The summed E-state index contributed by atoms with van der Waals surface area (Å²) in [5.74, 6) is 0. The third-order valence-corrected chi connectivity index (χ3v) is 0. The molecule has 0 aromatic heterocycles. The van der Waals surface area contributed by atoms with Crippen LogP contribution in [0.4, 0.5) is 4.79 Å². The maximum Gasteiger partial charge on any atom is 1.00 e. The fraction of sp³-hybridized carbons (Fsp3) is 0. The van der Waals surface area contributed by atoms with E-state index in [4.69, 9.17) is 15.0 Å². The number of rotatable bonds is 0. The number of hydrogen-bond donors (Lipinski definition) is 2. The summed E-state index contributed by atoms with van der Waals surface area (Å²) in [6.07, 6.45) is -1.83. The van der Waals surface area contributed by atoms with E-state index in [-0.39, 0.29) is 53.8 Å². The van der Waals surface area contributed by atoms with Crippen LogP contribution in [0.5, 0.6) is 0 Å².